The second-order valence-corrected chi connectivity index (χ2v) is 5.09. The Bertz CT molecular complexity index is 427. The molecule has 0 bridgehead atoms. The van der Waals surface area contributed by atoms with Crippen molar-refractivity contribution < 1.29 is 0 Å². The summed E-state index contributed by atoms with van der Waals surface area (Å²) in [6.45, 7) is 2.08. The van der Waals surface area contributed by atoms with Gasteiger partial charge in [-0.15, -0.1) is 0 Å². The lowest BCUT2D eigenvalue weighted by Gasteiger charge is -2.35. The molecular formula is C13H22N6. The van der Waals surface area contributed by atoms with E-state index in [0.29, 0.717) is 11.7 Å². The van der Waals surface area contributed by atoms with E-state index in [-0.39, 0.29) is 5.96 Å². The lowest BCUT2D eigenvalue weighted by Crippen LogP contribution is -2.42. The van der Waals surface area contributed by atoms with Crippen LogP contribution in [0.3, 0.4) is 0 Å². The molecule has 0 radical (unpaired) electrons. The molecule has 104 valence electrons. The molecule has 0 amide bonds. The maximum atomic E-state index is 5.33. The van der Waals surface area contributed by atoms with Crippen LogP contribution in [0.5, 0.6) is 0 Å². The molecule has 0 saturated carbocycles. The first-order chi connectivity index (χ1) is 9.06. The molecule has 1 aliphatic heterocycles. The van der Waals surface area contributed by atoms with Crippen LogP contribution in [0.25, 0.3) is 0 Å². The van der Waals surface area contributed by atoms with Gasteiger partial charge in [0.2, 0.25) is 0 Å². The Morgan fingerprint density at radius 1 is 1.32 bits per heavy atom. The summed E-state index contributed by atoms with van der Waals surface area (Å²) in [6, 6.07) is 4.54. The molecule has 1 fully saturated rings. The fourth-order valence-electron chi connectivity index (χ4n) is 2.39. The van der Waals surface area contributed by atoms with Gasteiger partial charge in [0.15, 0.2) is 5.96 Å². The minimum atomic E-state index is 0.0568. The number of aliphatic imine (C=N–C) groups is 1. The van der Waals surface area contributed by atoms with Crippen molar-refractivity contribution in [3.05, 3.63) is 18.3 Å². The van der Waals surface area contributed by atoms with Crippen LogP contribution in [-0.2, 0) is 0 Å². The Morgan fingerprint density at radius 2 is 2.00 bits per heavy atom. The number of hydrogen-bond acceptors (Lipinski definition) is 4. The van der Waals surface area contributed by atoms with Crippen LogP contribution < -0.4 is 16.4 Å². The Hall–Kier alpha value is -1.82. The first-order valence-corrected chi connectivity index (χ1v) is 6.53. The van der Waals surface area contributed by atoms with Gasteiger partial charge < -0.3 is 21.3 Å². The Kier molecular flexibility index (Phi) is 4.21. The van der Waals surface area contributed by atoms with Gasteiger partial charge in [-0.25, -0.2) is 9.98 Å². The van der Waals surface area contributed by atoms with Gasteiger partial charge in [0.05, 0.1) is 11.9 Å². The van der Waals surface area contributed by atoms with Crippen molar-refractivity contribution >= 4 is 17.5 Å². The maximum absolute atomic E-state index is 5.33. The number of guanidine groups is 1. The second kappa shape index (κ2) is 5.88. The number of aromatic nitrogens is 1. The molecule has 6 heteroatoms. The first-order valence-electron chi connectivity index (χ1n) is 6.53. The average molecular weight is 262 g/mol. The second-order valence-electron chi connectivity index (χ2n) is 5.09. The molecule has 2 heterocycles. The molecule has 19 heavy (non-hydrogen) atoms. The average Bonchev–Trinajstić information content (AvgIpc) is 2.39. The van der Waals surface area contributed by atoms with Gasteiger partial charge in [0.25, 0.3) is 0 Å². The minimum Gasteiger partial charge on any atom is -0.370 e. The van der Waals surface area contributed by atoms with Crippen molar-refractivity contribution in [2.75, 3.05) is 32.1 Å². The van der Waals surface area contributed by atoms with Crippen LogP contribution >= 0.6 is 0 Å². The summed E-state index contributed by atoms with van der Waals surface area (Å²) in [5.74, 6) is 1.05. The van der Waals surface area contributed by atoms with Gasteiger partial charge in [0.1, 0.15) is 5.82 Å². The largest absolute Gasteiger partial charge is 0.370 e. The molecule has 2 rings (SSSR count). The van der Waals surface area contributed by atoms with Gasteiger partial charge in [-0.3, -0.25) is 0 Å². The lowest BCUT2D eigenvalue weighted by molar-refractivity contribution is 0.249. The number of nitrogens with zero attached hydrogens (tertiary/aromatic N) is 4. The third-order valence-electron chi connectivity index (χ3n) is 3.51. The van der Waals surface area contributed by atoms with Crippen molar-refractivity contribution in [3.63, 3.8) is 0 Å². The van der Waals surface area contributed by atoms with Crippen LogP contribution in [0.1, 0.15) is 12.8 Å². The SMILES string of the molecule is CN(C)C1CCN(c2ccc(N=C(N)N)cn2)CC1. The zero-order valence-corrected chi connectivity index (χ0v) is 11.6. The fraction of sp³-hybridized carbons (Fsp3) is 0.538. The molecule has 1 aromatic heterocycles. The molecule has 0 atom stereocenters. The Balaban J connectivity index is 1.98. The van der Waals surface area contributed by atoms with Crippen LogP contribution in [0.15, 0.2) is 23.3 Å². The van der Waals surface area contributed by atoms with E-state index in [1.165, 1.54) is 12.8 Å². The number of piperidine rings is 1. The highest BCUT2D eigenvalue weighted by atomic mass is 15.2. The molecule has 6 nitrogen and oxygen atoms in total. The third-order valence-corrected chi connectivity index (χ3v) is 3.51. The number of nitrogens with two attached hydrogens (primary N) is 2. The summed E-state index contributed by atoms with van der Waals surface area (Å²) in [5.41, 5.74) is 11.4. The van der Waals surface area contributed by atoms with Crippen molar-refractivity contribution in [1.29, 1.82) is 0 Å². The van der Waals surface area contributed by atoms with Crippen LogP contribution in [0.2, 0.25) is 0 Å². The van der Waals surface area contributed by atoms with Gasteiger partial charge in [0, 0.05) is 19.1 Å². The summed E-state index contributed by atoms with van der Waals surface area (Å²) in [5, 5.41) is 0. The van der Waals surface area contributed by atoms with Crippen molar-refractivity contribution in [2.24, 2.45) is 16.5 Å². The lowest BCUT2D eigenvalue weighted by atomic mass is 10.0. The molecule has 0 spiro atoms. The van der Waals surface area contributed by atoms with Crippen LogP contribution in [0.4, 0.5) is 11.5 Å². The summed E-state index contributed by atoms with van der Waals surface area (Å²) in [4.78, 5) is 13.0. The summed E-state index contributed by atoms with van der Waals surface area (Å²) in [6.07, 6.45) is 4.04. The van der Waals surface area contributed by atoms with E-state index in [1.54, 1.807) is 6.20 Å². The first kappa shape index (κ1) is 13.6. The predicted molar refractivity (Wildman–Crippen MR) is 78.6 cm³/mol. The number of hydrogen-bond donors (Lipinski definition) is 2. The zero-order valence-electron chi connectivity index (χ0n) is 11.6. The molecule has 1 aromatic rings. The van der Waals surface area contributed by atoms with Crippen molar-refractivity contribution in [3.8, 4) is 0 Å². The van der Waals surface area contributed by atoms with Gasteiger partial charge >= 0.3 is 0 Å². The zero-order chi connectivity index (χ0) is 13.8. The Morgan fingerprint density at radius 3 is 2.47 bits per heavy atom. The predicted octanol–water partition coefficient (Wildman–Crippen LogP) is 0.517. The van der Waals surface area contributed by atoms with Gasteiger partial charge in [-0.1, -0.05) is 0 Å². The number of pyridine rings is 1. The van der Waals surface area contributed by atoms with E-state index in [2.05, 4.69) is 33.9 Å². The van der Waals surface area contributed by atoms with Crippen LogP contribution in [0, 0.1) is 0 Å². The normalized spacial score (nSPS) is 16.7. The van der Waals surface area contributed by atoms with E-state index in [0.717, 1.165) is 18.9 Å². The van der Waals surface area contributed by atoms with E-state index in [4.69, 9.17) is 11.5 Å². The highest BCUT2D eigenvalue weighted by Gasteiger charge is 2.21. The van der Waals surface area contributed by atoms with Gasteiger partial charge in [-0.2, -0.15) is 0 Å². The molecule has 0 aliphatic carbocycles. The van der Waals surface area contributed by atoms with E-state index in [1.807, 2.05) is 12.1 Å². The van der Waals surface area contributed by atoms with Crippen molar-refractivity contribution in [2.45, 2.75) is 18.9 Å². The van der Waals surface area contributed by atoms with E-state index >= 15 is 0 Å². The Labute approximate surface area is 114 Å². The standard InChI is InChI=1S/C13H22N6/c1-18(2)11-5-7-19(8-6-11)12-4-3-10(9-16-12)17-13(14)15/h3-4,9,11H,5-8H2,1-2H3,(H4,14,15,17). The summed E-state index contributed by atoms with van der Waals surface area (Å²) >= 11 is 0. The highest BCUT2D eigenvalue weighted by Crippen LogP contribution is 2.21. The monoisotopic (exact) mass is 262 g/mol. The minimum absolute atomic E-state index is 0.0568. The molecule has 0 aromatic carbocycles. The fourth-order valence-corrected chi connectivity index (χ4v) is 2.39. The highest BCUT2D eigenvalue weighted by molar-refractivity contribution is 5.78. The quantitative estimate of drug-likeness (QED) is 0.613. The van der Waals surface area contributed by atoms with Crippen LogP contribution in [-0.4, -0.2) is 49.1 Å². The molecule has 4 N–H and O–H groups in total. The summed E-state index contributed by atoms with van der Waals surface area (Å²) < 4.78 is 0. The summed E-state index contributed by atoms with van der Waals surface area (Å²) in [7, 11) is 4.28. The van der Waals surface area contributed by atoms with E-state index < -0.39 is 0 Å². The topological polar surface area (TPSA) is 83.8 Å². The molecule has 0 unspecified atom stereocenters. The number of rotatable bonds is 3. The molecule has 1 aliphatic rings. The molecule has 1 saturated heterocycles. The third kappa shape index (κ3) is 3.57. The number of anilines is 1. The molecular weight excluding hydrogens is 240 g/mol. The van der Waals surface area contributed by atoms with Crippen molar-refractivity contribution in [1.82, 2.24) is 9.88 Å². The smallest absolute Gasteiger partial charge is 0.191 e. The van der Waals surface area contributed by atoms with E-state index in [9.17, 15) is 0 Å². The van der Waals surface area contributed by atoms with Gasteiger partial charge in [-0.05, 0) is 39.1 Å². The maximum Gasteiger partial charge on any atom is 0.191 e.